The van der Waals surface area contributed by atoms with Crippen LogP contribution in [-0.2, 0) is 6.54 Å². The lowest BCUT2D eigenvalue weighted by molar-refractivity contribution is 0.735. The molecule has 1 N–H and O–H groups in total. The lowest BCUT2D eigenvalue weighted by atomic mass is 10.2. The zero-order valence-electron chi connectivity index (χ0n) is 9.77. The van der Waals surface area contributed by atoms with Crippen LogP contribution in [0.25, 0.3) is 10.4 Å². The Hall–Kier alpha value is -0.250. The second-order valence-corrected chi connectivity index (χ2v) is 6.18. The van der Waals surface area contributed by atoms with Crippen molar-refractivity contribution in [1.82, 2.24) is 5.32 Å². The smallest absolute Gasteiger partial charge is 0.0607 e. The SMILES string of the molecule is CCNCc1ccc(-c2cc(Cl)c(Cl)cc2Cl)s1. The topological polar surface area (TPSA) is 12.0 Å². The summed E-state index contributed by atoms with van der Waals surface area (Å²) in [6.07, 6.45) is 0. The van der Waals surface area contributed by atoms with Crippen LogP contribution in [0.4, 0.5) is 0 Å². The summed E-state index contributed by atoms with van der Waals surface area (Å²) in [4.78, 5) is 2.38. The van der Waals surface area contributed by atoms with E-state index < -0.39 is 0 Å². The molecule has 18 heavy (non-hydrogen) atoms. The van der Waals surface area contributed by atoms with E-state index in [0.29, 0.717) is 15.1 Å². The molecule has 0 radical (unpaired) electrons. The lowest BCUT2D eigenvalue weighted by Crippen LogP contribution is -2.10. The van der Waals surface area contributed by atoms with Crippen LogP contribution in [0.15, 0.2) is 24.3 Å². The number of thiophene rings is 1. The molecule has 0 saturated heterocycles. The van der Waals surface area contributed by atoms with Crippen LogP contribution in [0.1, 0.15) is 11.8 Å². The van der Waals surface area contributed by atoms with Crippen molar-refractivity contribution in [2.45, 2.75) is 13.5 Å². The van der Waals surface area contributed by atoms with Gasteiger partial charge in [-0.15, -0.1) is 11.3 Å². The second kappa shape index (κ2) is 6.27. The highest BCUT2D eigenvalue weighted by Crippen LogP contribution is 2.38. The molecule has 1 nitrogen and oxygen atoms in total. The predicted octanol–water partition coefficient (Wildman–Crippen LogP) is 5.48. The van der Waals surface area contributed by atoms with Crippen molar-refractivity contribution < 1.29 is 0 Å². The number of rotatable bonds is 4. The van der Waals surface area contributed by atoms with Crippen LogP contribution in [0.2, 0.25) is 15.1 Å². The first-order valence-corrected chi connectivity index (χ1v) is 7.51. The molecule has 1 aromatic carbocycles. The third-order valence-electron chi connectivity index (χ3n) is 2.49. The first kappa shape index (κ1) is 14.2. The third kappa shape index (κ3) is 3.19. The Labute approximate surface area is 126 Å². The molecule has 5 heteroatoms. The Morgan fingerprint density at radius 3 is 2.50 bits per heavy atom. The largest absolute Gasteiger partial charge is 0.312 e. The summed E-state index contributed by atoms with van der Waals surface area (Å²) in [5, 5.41) is 4.93. The number of halogens is 3. The van der Waals surface area contributed by atoms with E-state index in [4.69, 9.17) is 34.8 Å². The van der Waals surface area contributed by atoms with Gasteiger partial charge in [0, 0.05) is 21.9 Å². The molecule has 0 bridgehead atoms. The van der Waals surface area contributed by atoms with Crippen LogP contribution < -0.4 is 5.32 Å². The van der Waals surface area contributed by atoms with Gasteiger partial charge in [0.25, 0.3) is 0 Å². The number of hydrogen-bond donors (Lipinski definition) is 1. The fourth-order valence-electron chi connectivity index (χ4n) is 1.58. The minimum Gasteiger partial charge on any atom is -0.312 e. The monoisotopic (exact) mass is 319 g/mol. The van der Waals surface area contributed by atoms with Gasteiger partial charge in [-0.05, 0) is 30.8 Å². The first-order chi connectivity index (χ1) is 8.61. The molecule has 96 valence electrons. The van der Waals surface area contributed by atoms with E-state index in [1.165, 1.54) is 4.88 Å². The quantitative estimate of drug-likeness (QED) is 0.735. The van der Waals surface area contributed by atoms with Crippen molar-refractivity contribution in [2.24, 2.45) is 0 Å². The van der Waals surface area contributed by atoms with Crippen LogP contribution in [-0.4, -0.2) is 6.54 Å². The molecule has 0 amide bonds. The molecule has 1 aromatic heterocycles. The normalized spacial score (nSPS) is 10.9. The van der Waals surface area contributed by atoms with E-state index in [0.717, 1.165) is 23.5 Å². The second-order valence-electron chi connectivity index (χ2n) is 3.79. The van der Waals surface area contributed by atoms with Gasteiger partial charge in [-0.3, -0.25) is 0 Å². The van der Waals surface area contributed by atoms with Gasteiger partial charge in [0.2, 0.25) is 0 Å². The molecule has 0 fully saturated rings. The van der Waals surface area contributed by atoms with E-state index >= 15 is 0 Å². The number of nitrogens with one attached hydrogen (secondary N) is 1. The summed E-state index contributed by atoms with van der Waals surface area (Å²) in [5.74, 6) is 0. The van der Waals surface area contributed by atoms with Crippen molar-refractivity contribution in [3.63, 3.8) is 0 Å². The van der Waals surface area contributed by atoms with Gasteiger partial charge < -0.3 is 5.32 Å². The van der Waals surface area contributed by atoms with E-state index in [2.05, 4.69) is 24.4 Å². The molecule has 0 aliphatic heterocycles. The molecule has 0 spiro atoms. The van der Waals surface area contributed by atoms with Gasteiger partial charge in [-0.25, -0.2) is 0 Å². The average molecular weight is 321 g/mol. The van der Waals surface area contributed by atoms with Crippen molar-refractivity contribution in [1.29, 1.82) is 0 Å². The average Bonchev–Trinajstić information content (AvgIpc) is 2.79. The number of hydrogen-bond acceptors (Lipinski definition) is 2. The zero-order chi connectivity index (χ0) is 13.1. The van der Waals surface area contributed by atoms with E-state index in [1.54, 1.807) is 17.4 Å². The van der Waals surface area contributed by atoms with Gasteiger partial charge in [-0.2, -0.15) is 0 Å². The minimum absolute atomic E-state index is 0.481. The fourth-order valence-corrected chi connectivity index (χ4v) is 3.29. The summed E-state index contributed by atoms with van der Waals surface area (Å²) >= 11 is 19.9. The van der Waals surface area contributed by atoms with Crippen molar-refractivity contribution in [2.75, 3.05) is 6.54 Å². The number of benzene rings is 1. The lowest BCUT2D eigenvalue weighted by Gasteiger charge is -2.04. The molecule has 0 unspecified atom stereocenters. The van der Waals surface area contributed by atoms with Crippen LogP contribution in [0.3, 0.4) is 0 Å². The highest BCUT2D eigenvalue weighted by molar-refractivity contribution is 7.15. The summed E-state index contributed by atoms with van der Waals surface area (Å²) in [6, 6.07) is 7.66. The van der Waals surface area contributed by atoms with Crippen LogP contribution >= 0.6 is 46.1 Å². The summed E-state index contributed by atoms with van der Waals surface area (Å²) in [7, 11) is 0. The van der Waals surface area contributed by atoms with Crippen LogP contribution in [0, 0.1) is 0 Å². The van der Waals surface area contributed by atoms with E-state index in [9.17, 15) is 0 Å². The van der Waals surface area contributed by atoms with Gasteiger partial charge in [-0.1, -0.05) is 41.7 Å². The molecule has 0 saturated carbocycles. The van der Waals surface area contributed by atoms with Gasteiger partial charge >= 0.3 is 0 Å². The Kier molecular flexibility index (Phi) is 4.93. The van der Waals surface area contributed by atoms with Gasteiger partial charge in [0.05, 0.1) is 15.1 Å². The third-order valence-corrected chi connectivity index (χ3v) is 4.64. The molecule has 0 aliphatic rings. The van der Waals surface area contributed by atoms with Gasteiger partial charge in [0.15, 0.2) is 0 Å². The maximum absolute atomic E-state index is 6.20. The maximum atomic E-state index is 6.20. The highest BCUT2D eigenvalue weighted by Gasteiger charge is 2.10. The molecular formula is C13H12Cl3NS. The van der Waals surface area contributed by atoms with Crippen molar-refractivity contribution in [3.05, 3.63) is 44.2 Å². The summed E-state index contributed by atoms with van der Waals surface area (Å²) < 4.78 is 0. The maximum Gasteiger partial charge on any atom is 0.0607 e. The molecule has 0 atom stereocenters. The summed E-state index contributed by atoms with van der Waals surface area (Å²) in [6.45, 7) is 3.92. The highest BCUT2D eigenvalue weighted by atomic mass is 35.5. The van der Waals surface area contributed by atoms with Crippen LogP contribution in [0.5, 0.6) is 0 Å². The predicted molar refractivity (Wildman–Crippen MR) is 82.2 cm³/mol. The Morgan fingerprint density at radius 2 is 1.78 bits per heavy atom. The molecule has 2 aromatic rings. The summed E-state index contributed by atoms with van der Waals surface area (Å²) in [5.41, 5.74) is 0.929. The molecular weight excluding hydrogens is 309 g/mol. The van der Waals surface area contributed by atoms with E-state index in [-0.39, 0.29) is 0 Å². The van der Waals surface area contributed by atoms with Gasteiger partial charge in [0.1, 0.15) is 0 Å². The Morgan fingerprint density at radius 1 is 1.06 bits per heavy atom. The standard InChI is InChI=1S/C13H12Cl3NS/c1-2-17-7-8-3-4-13(18-8)9-5-11(15)12(16)6-10(9)14/h3-6,17H,2,7H2,1H3. The first-order valence-electron chi connectivity index (χ1n) is 5.56. The molecule has 2 rings (SSSR count). The van der Waals surface area contributed by atoms with E-state index in [1.807, 2.05) is 6.07 Å². The fraction of sp³-hybridized carbons (Fsp3) is 0.231. The zero-order valence-corrected chi connectivity index (χ0v) is 12.9. The Balaban J connectivity index is 2.31. The molecule has 1 heterocycles. The minimum atomic E-state index is 0.481. The van der Waals surface area contributed by atoms with Crippen molar-refractivity contribution >= 4 is 46.1 Å². The van der Waals surface area contributed by atoms with Crippen molar-refractivity contribution in [3.8, 4) is 10.4 Å². The Bertz CT molecular complexity index is 551. The molecule has 0 aliphatic carbocycles.